The maximum Gasteiger partial charge on any atom is 0.251 e. The number of ether oxygens (including phenoxy) is 1. The lowest BCUT2D eigenvalue weighted by atomic mass is 10.1. The summed E-state index contributed by atoms with van der Waals surface area (Å²) in [6.07, 6.45) is 1.61. The van der Waals surface area contributed by atoms with Crippen LogP contribution in [-0.2, 0) is 0 Å². The summed E-state index contributed by atoms with van der Waals surface area (Å²) in [5, 5.41) is 2.99. The molecule has 0 bridgehead atoms. The maximum atomic E-state index is 12.5. The smallest absolute Gasteiger partial charge is 0.251 e. The van der Waals surface area contributed by atoms with Crippen molar-refractivity contribution in [2.45, 2.75) is 20.4 Å². The van der Waals surface area contributed by atoms with Crippen molar-refractivity contribution in [2.75, 3.05) is 12.8 Å². The van der Waals surface area contributed by atoms with Gasteiger partial charge < -0.3 is 15.8 Å². The second-order valence-electron chi connectivity index (χ2n) is 5.85. The van der Waals surface area contributed by atoms with E-state index in [2.05, 4.69) is 15.3 Å². The van der Waals surface area contributed by atoms with Gasteiger partial charge >= 0.3 is 0 Å². The molecule has 1 atom stereocenters. The molecule has 0 radical (unpaired) electrons. The minimum Gasteiger partial charge on any atom is -0.497 e. The molecule has 0 aliphatic heterocycles. The molecule has 6 nitrogen and oxygen atoms in total. The van der Waals surface area contributed by atoms with Crippen LogP contribution in [0.15, 0.2) is 60.8 Å². The number of rotatable bonds is 5. The van der Waals surface area contributed by atoms with Crippen molar-refractivity contribution >= 4 is 11.9 Å². The van der Waals surface area contributed by atoms with E-state index in [1.54, 1.807) is 31.5 Å². The molecule has 0 fully saturated rings. The number of nitrogens with zero attached hydrogens (tertiary/aromatic N) is 2. The number of anilines is 1. The van der Waals surface area contributed by atoms with E-state index < -0.39 is 0 Å². The highest BCUT2D eigenvalue weighted by Crippen LogP contribution is 2.20. The molecule has 1 aromatic heterocycles. The summed E-state index contributed by atoms with van der Waals surface area (Å²) in [5.41, 5.74) is 8.79. The standard InChI is InChI=1S/C20H20N4O2.CH4/c1-13(14-7-9-17(26-2)10-8-14)23-19(25)16-5-3-15(4-6-16)18-11-12-22-20(21)24-18;/h3-13H,1-2H3,(H,23,25)(H2,21,22,24);1H4/t13-;/m0./s1. The topological polar surface area (TPSA) is 90.1 Å². The first-order valence-electron chi connectivity index (χ1n) is 8.20. The first kappa shape index (κ1) is 19.9. The van der Waals surface area contributed by atoms with E-state index in [1.165, 1.54) is 0 Å². The number of nitrogens with one attached hydrogen (secondary N) is 1. The summed E-state index contributed by atoms with van der Waals surface area (Å²) < 4.78 is 5.15. The quantitative estimate of drug-likeness (QED) is 0.717. The molecule has 27 heavy (non-hydrogen) atoms. The molecule has 6 heteroatoms. The van der Waals surface area contributed by atoms with Gasteiger partial charge in [-0.2, -0.15) is 0 Å². The molecule has 0 aliphatic rings. The molecule has 1 heterocycles. The Kier molecular flexibility index (Phi) is 6.49. The Morgan fingerprint density at radius 3 is 2.33 bits per heavy atom. The lowest BCUT2D eigenvalue weighted by Crippen LogP contribution is -2.26. The SMILES string of the molecule is C.COc1ccc([C@H](C)NC(=O)c2ccc(-c3ccnc(N)n3)cc2)cc1. The average Bonchev–Trinajstić information content (AvgIpc) is 2.68. The number of nitrogen functional groups attached to an aromatic ring is 1. The van der Waals surface area contributed by atoms with Crippen LogP contribution in [0, 0.1) is 0 Å². The van der Waals surface area contributed by atoms with E-state index in [0.717, 1.165) is 22.6 Å². The second kappa shape index (κ2) is 8.80. The van der Waals surface area contributed by atoms with Crippen LogP contribution in [0.5, 0.6) is 5.75 Å². The zero-order valence-electron chi connectivity index (χ0n) is 14.6. The van der Waals surface area contributed by atoms with Crippen molar-refractivity contribution in [2.24, 2.45) is 0 Å². The Hall–Kier alpha value is -3.41. The van der Waals surface area contributed by atoms with E-state index in [4.69, 9.17) is 10.5 Å². The third-order valence-corrected chi connectivity index (χ3v) is 4.08. The van der Waals surface area contributed by atoms with Crippen LogP contribution in [-0.4, -0.2) is 23.0 Å². The van der Waals surface area contributed by atoms with E-state index in [9.17, 15) is 4.79 Å². The monoisotopic (exact) mass is 364 g/mol. The molecule has 140 valence electrons. The number of nitrogens with two attached hydrogens (primary N) is 1. The lowest BCUT2D eigenvalue weighted by molar-refractivity contribution is 0.0940. The Morgan fingerprint density at radius 1 is 1.07 bits per heavy atom. The normalized spacial score (nSPS) is 11.2. The average molecular weight is 364 g/mol. The number of hydrogen-bond acceptors (Lipinski definition) is 5. The van der Waals surface area contributed by atoms with Gasteiger partial charge in [0.1, 0.15) is 5.75 Å². The number of carbonyl (C=O) groups excluding carboxylic acids is 1. The predicted molar refractivity (Wildman–Crippen MR) is 107 cm³/mol. The number of amides is 1. The van der Waals surface area contributed by atoms with E-state index in [-0.39, 0.29) is 25.3 Å². The van der Waals surface area contributed by atoms with Gasteiger partial charge in [-0.05, 0) is 42.8 Å². The van der Waals surface area contributed by atoms with Gasteiger partial charge in [-0.1, -0.05) is 31.7 Å². The van der Waals surface area contributed by atoms with Crippen molar-refractivity contribution in [3.05, 3.63) is 71.9 Å². The van der Waals surface area contributed by atoms with Crippen molar-refractivity contribution < 1.29 is 9.53 Å². The van der Waals surface area contributed by atoms with Gasteiger partial charge in [0.2, 0.25) is 5.95 Å². The summed E-state index contributed by atoms with van der Waals surface area (Å²) in [5.74, 6) is 0.868. The zero-order chi connectivity index (χ0) is 18.5. The van der Waals surface area contributed by atoms with Crippen LogP contribution in [0.25, 0.3) is 11.3 Å². The van der Waals surface area contributed by atoms with E-state index in [0.29, 0.717) is 5.56 Å². The van der Waals surface area contributed by atoms with Crippen LogP contribution in [0.3, 0.4) is 0 Å². The summed E-state index contributed by atoms with van der Waals surface area (Å²) >= 11 is 0. The largest absolute Gasteiger partial charge is 0.497 e. The molecule has 3 aromatic rings. The van der Waals surface area contributed by atoms with Gasteiger partial charge in [0.05, 0.1) is 18.8 Å². The van der Waals surface area contributed by atoms with Crippen molar-refractivity contribution in [1.29, 1.82) is 0 Å². The predicted octanol–water partition coefficient (Wildman–Crippen LogP) is 3.86. The summed E-state index contributed by atoms with van der Waals surface area (Å²) in [6, 6.07) is 16.5. The molecule has 0 unspecified atom stereocenters. The Labute approximate surface area is 159 Å². The fourth-order valence-electron chi connectivity index (χ4n) is 2.58. The van der Waals surface area contributed by atoms with Crippen molar-refractivity contribution in [3.63, 3.8) is 0 Å². The van der Waals surface area contributed by atoms with Crippen LogP contribution >= 0.6 is 0 Å². The highest BCUT2D eigenvalue weighted by molar-refractivity contribution is 5.94. The van der Waals surface area contributed by atoms with Crippen LogP contribution in [0.2, 0.25) is 0 Å². The Balaban J connectivity index is 0.00000261. The molecule has 1 amide bonds. The number of benzene rings is 2. The van der Waals surface area contributed by atoms with Crippen molar-refractivity contribution in [1.82, 2.24) is 15.3 Å². The highest BCUT2D eigenvalue weighted by Gasteiger charge is 2.12. The van der Waals surface area contributed by atoms with Gasteiger partial charge in [-0.15, -0.1) is 0 Å². The third-order valence-electron chi connectivity index (χ3n) is 4.08. The summed E-state index contributed by atoms with van der Waals surface area (Å²) in [4.78, 5) is 20.5. The minimum absolute atomic E-state index is 0. The number of hydrogen-bond donors (Lipinski definition) is 2. The summed E-state index contributed by atoms with van der Waals surface area (Å²) in [6.45, 7) is 1.94. The molecule has 3 N–H and O–H groups in total. The number of methoxy groups -OCH3 is 1. The van der Waals surface area contributed by atoms with Gasteiger partial charge in [0.25, 0.3) is 5.91 Å². The first-order chi connectivity index (χ1) is 12.6. The van der Waals surface area contributed by atoms with Gasteiger partial charge in [0.15, 0.2) is 0 Å². The second-order valence-corrected chi connectivity index (χ2v) is 5.85. The molecule has 0 saturated heterocycles. The molecule has 0 spiro atoms. The van der Waals surface area contributed by atoms with Crippen LogP contribution in [0.4, 0.5) is 5.95 Å². The highest BCUT2D eigenvalue weighted by atomic mass is 16.5. The lowest BCUT2D eigenvalue weighted by Gasteiger charge is -2.15. The molecule has 3 rings (SSSR count). The third kappa shape index (κ3) is 4.82. The number of aromatic nitrogens is 2. The van der Waals surface area contributed by atoms with Crippen LogP contribution in [0.1, 0.15) is 36.3 Å². The van der Waals surface area contributed by atoms with E-state index in [1.807, 2.05) is 43.3 Å². The Morgan fingerprint density at radius 2 is 1.74 bits per heavy atom. The van der Waals surface area contributed by atoms with Crippen molar-refractivity contribution in [3.8, 4) is 17.0 Å². The van der Waals surface area contributed by atoms with Crippen LogP contribution < -0.4 is 15.8 Å². The Bertz CT molecular complexity index is 893. The van der Waals surface area contributed by atoms with Gasteiger partial charge in [-0.3, -0.25) is 4.79 Å². The van der Waals surface area contributed by atoms with E-state index >= 15 is 0 Å². The minimum atomic E-state index is -0.137. The summed E-state index contributed by atoms with van der Waals surface area (Å²) in [7, 11) is 1.62. The number of carbonyl (C=O) groups is 1. The molecular formula is C21H24N4O2. The fraction of sp³-hybridized carbons (Fsp3) is 0.190. The van der Waals surface area contributed by atoms with Gasteiger partial charge in [-0.25, -0.2) is 9.97 Å². The molecule has 0 aliphatic carbocycles. The van der Waals surface area contributed by atoms with Gasteiger partial charge in [0, 0.05) is 17.3 Å². The molecule has 0 saturated carbocycles. The zero-order valence-corrected chi connectivity index (χ0v) is 14.6. The molecular weight excluding hydrogens is 340 g/mol. The fourth-order valence-corrected chi connectivity index (χ4v) is 2.58. The first-order valence-corrected chi connectivity index (χ1v) is 8.20. The maximum absolute atomic E-state index is 12.5. The molecule has 2 aromatic carbocycles.